The van der Waals surface area contributed by atoms with Gasteiger partial charge in [0.2, 0.25) is 0 Å². The minimum absolute atomic E-state index is 0.0923. The molecule has 2 aromatic rings. The van der Waals surface area contributed by atoms with E-state index in [0.29, 0.717) is 23.5 Å². The Morgan fingerprint density at radius 2 is 2.28 bits per heavy atom. The van der Waals surface area contributed by atoms with E-state index in [1.807, 2.05) is 0 Å². The van der Waals surface area contributed by atoms with E-state index in [9.17, 15) is 9.90 Å². The highest BCUT2D eigenvalue weighted by molar-refractivity contribution is 7.22. The van der Waals surface area contributed by atoms with Gasteiger partial charge >= 0.3 is 0 Å². The first-order valence-corrected chi connectivity index (χ1v) is 6.58. The molecule has 94 valence electrons. The van der Waals surface area contributed by atoms with Gasteiger partial charge in [0.25, 0.3) is 5.91 Å². The Bertz CT molecular complexity index is 604. The van der Waals surface area contributed by atoms with Gasteiger partial charge in [-0.3, -0.25) is 4.79 Å². The third kappa shape index (κ3) is 2.04. The summed E-state index contributed by atoms with van der Waals surface area (Å²) < 4.78 is 0.911. The fraction of sp³-hybridized carbons (Fsp3) is 0.333. The van der Waals surface area contributed by atoms with Crippen molar-refractivity contribution in [1.29, 1.82) is 0 Å². The molecule has 1 fully saturated rings. The summed E-state index contributed by atoms with van der Waals surface area (Å²) in [7, 11) is 0. The highest BCUT2D eigenvalue weighted by Crippen LogP contribution is 2.25. The Hall–Kier alpha value is -1.66. The molecule has 1 aliphatic rings. The number of nitrogens with two attached hydrogens (primary N) is 1. The van der Waals surface area contributed by atoms with E-state index in [2.05, 4.69) is 10.3 Å². The largest absolute Gasteiger partial charge is 0.393 e. The monoisotopic (exact) mass is 263 g/mol. The Morgan fingerprint density at radius 3 is 3.00 bits per heavy atom. The summed E-state index contributed by atoms with van der Waals surface area (Å²) in [6.45, 7) is 0. The molecule has 1 aromatic heterocycles. The molecule has 1 aliphatic carbocycles. The zero-order valence-corrected chi connectivity index (χ0v) is 10.4. The summed E-state index contributed by atoms with van der Waals surface area (Å²) in [4.78, 5) is 16.1. The van der Waals surface area contributed by atoms with Gasteiger partial charge in [-0.2, -0.15) is 0 Å². The number of carbonyl (C=O) groups excluding carboxylic acids is 1. The van der Waals surface area contributed by atoms with Gasteiger partial charge in [0.1, 0.15) is 0 Å². The van der Waals surface area contributed by atoms with Gasteiger partial charge in [0, 0.05) is 11.6 Å². The number of nitrogens with zero attached hydrogens (tertiary/aromatic N) is 1. The highest BCUT2D eigenvalue weighted by Gasteiger charge is 2.28. The van der Waals surface area contributed by atoms with Crippen molar-refractivity contribution in [2.75, 3.05) is 5.73 Å². The van der Waals surface area contributed by atoms with Crippen molar-refractivity contribution >= 4 is 32.6 Å². The van der Waals surface area contributed by atoms with Gasteiger partial charge in [-0.05, 0) is 31.0 Å². The van der Waals surface area contributed by atoms with Crippen LogP contribution in [-0.2, 0) is 0 Å². The normalized spacial score (nSPS) is 22.7. The van der Waals surface area contributed by atoms with Gasteiger partial charge in [-0.15, -0.1) is 0 Å². The molecule has 0 radical (unpaired) electrons. The lowest BCUT2D eigenvalue weighted by Crippen LogP contribution is -2.46. The number of nitrogens with one attached hydrogen (secondary N) is 1. The second kappa shape index (κ2) is 4.22. The maximum absolute atomic E-state index is 12.0. The van der Waals surface area contributed by atoms with Crippen LogP contribution >= 0.6 is 11.3 Å². The fourth-order valence-electron chi connectivity index (χ4n) is 2.06. The molecular formula is C12H13N3O2S. The van der Waals surface area contributed by atoms with E-state index in [0.717, 1.165) is 10.2 Å². The summed E-state index contributed by atoms with van der Waals surface area (Å²) >= 11 is 1.37. The van der Waals surface area contributed by atoms with Crippen molar-refractivity contribution in [2.24, 2.45) is 0 Å². The summed E-state index contributed by atoms with van der Waals surface area (Å²) in [5.74, 6) is -0.110. The quantitative estimate of drug-likeness (QED) is 0.758. The first-order valence-electron chi connectivity index (χ1n) is 5.77. The number of amides is 1. The molecule has 0 atom stereocenters. The van der Waals surface area contributed by atoms with Gasteiger partial charge in [0.05, 0.1) is 16.3 Å². The lowest BCUT2D eigenvalue weighted by Gasteiger charge is -2.31. The number of fused-ring (bicyclic) bond motifs is 1. The molecule has 0 spiro atoms. The zero-order valence-electron chi connectivity index (χ0n) is 9.59. The molecule has 5 nitrogen and oxygen atoms in total. The minimum atomic E-state index is -0.265. The molecule has 4 N–H and O–H groups in total. The number of aliphatic hydroxyl groups excluding tert-OH is 1. The average molecular weight is 263 g/mol. The molecule has 18 heavy (non-hydrogen) atoms. The van der Waals surface area contributed by atoms with Gasteiger partial charge in [0.15, 0.2) is 5.13 Å². The Kier molecular flexibility index (Phi) is 2.68. The van der Waals surface area contributed by atoms with E-state index in [-0.39, 0.29) is 18.1 Å². The lowest BCUT2D eigenvalue weighted by molar-refractivity contribution is 0.0563. The first-order chi connectivity index (χ1) is 8.61. The van der Waals surface area contributed by atoms with Crippen LogP contribution in [-0.4, -0.2) is 28.1 Å². The Labute approximate surface area is 108 Å². The highest BCUT2D eigenvalue weighted by atomic mass is 32.1. The second-order valence-corrected chi connectivity index (χ2v) is 5.59. The number of thiazole rings is 1. The van der Waals surface area contributed by atoms with Crippen molar-refractivity contribution < 1.29 is 9.90 Å². The summed E-state index contributed by atoms with van der Waals surface area (Å²) in [5, 5.41) is 12.6. The van der Waals surface area contributed by atoms with E-state index in [1.54, 1.807) is 18.2 Å². The summed E-state index contributed by atoms with van der Waals surface area (Å²) in [6.07, 6.45) is 1.02. The lowest BCUT2D eigenvalue weighted by atomic mass is 9.89. The van der Waals surface area contributed by atoms with Crippen LogP contribution in [0.4, 0.5) is 5.13 Å². The van der Waals surface area contributed by atoms with E-state index < -0.39 is 0 Å². The predicted molar refractivity (Wildman–Crippen MR) is 70.5 cm³/mol. The van der Waals surface area contributed by atoms with Crippen LogP contribution in [0.1, 0.15) is 23.2 Å². The number of anilines is 1. The zero-order chi connectivity index (χ0) is 12.7. The topological polar surface area (TPSA) is 88.2 Å². The van der Waals surface area contributed by atoms with Crippen molar-refractivity contribution in [3.63, 3.8) is 0 Å². The molecule has 3 rings (SSSR count). The number of rotatable bonds is 2. The van der Waals surface area contributed by atoms with Crippen molar-refractivity contribution in [3.05, 3.63) is 23.8 Å². The molecule has 1 aromatic carbocycles. The van der Waals surface area contributed by atoms with Crippen molar-refractivity contribution in [1.82, 2.24) is 10.3 Å². The Balaban J connectivity index is 1.78. The van der Waals surface area contributed by atoms with Crippen LogP contribution in [0.2, 0.25) is 0 Å². The molecule has 0 bridgehead atoms. The number of nitrogen functional groups attached to an aromatic ring is 1. The molecule has 0 aliphatic heterocycles. The second-order valence-electron chi connectivity index (χ2n) is 4.53. The fourth-order valence-corrected chi connectivity index (χ4v) is 2.83. The standard InChI is InChI=1S/C12H13N3O2S/c13-12-15-9-2-1-6(3-10(9)18-12)11(17)14-7-4-8(16)5-7/h1-3,7-8,16H,4-5H2,(H2,13,15)(H,14,17). The van der Waals surface area contributed by atoms with Crippen molar-refractivity contribution in [2.45, 2.75) is 25.0 Å². The number of aromatic nitrogens is 1. The van der Waals surface area contributed by atoms with Crippen LogP contribution in [0.15, 0.2) is 18.2 Å². The van der Waals surface area contributed by atoms with Gasteiger partial charge < -0.3 is 16.2 Å². The first kappa shape index (κ1) is 11.4. The number of benzene rings is 1. The third-order valence-corrected chi connectivity index (χ3v) is 3.96. The van der Waals surface area contributed by atoms with Crippen LogP contribution in [0.25, 0.3) is 10.2 Å². The van der Waals surface area contributed by atoms with Crippen molar-refractivity contribution in [3.8, 4) is 0 Å². The molecule has 1 saturated carbocycles. The summed E-state index contributed by atoms with van der Waals surface area (Å²) in [6, 6.07) is 5.43. The van der Waals surface area contributed by atoms with Crippen LogP contribution in [0.5, 0.6) is 0 Å². The smallest absolute Gasteiger partial charge is 0.251 e. The minimum Gasteiger partial charge on any atom is -0.393 e. The molecular weight excluding hydrogens is 250 g/mol. The third-order valence-electron chi connectivity index (χ3n) is 3.12. The van der Waals surface area contributed by atoms with Crippen LogP contribution in [0.3, 0.4) is 0 Å². The van der Waals surface area contributed by atoms with Crippen LogP contribution in [0, 0.1) is 0 Å². The number of aliphatic hydroxyl groups is 1. The Morgan fingerprint density at radius 1 is 1.50 bits per heavy atom. The molecule has 1 amide bonds. The van der Waals surface area contributed by atoms with E-state index >= 15 is 0 Å². The summed E-state index contributed by atoms with van der Waals surface area (Å²) in [5.41, 5.74) is 7.04. The predicted octanol–water partition coefficient (Wildman–Crippen LogP) is 1.13. The molecule has 0 saturated heterocycles. The maximum Gasteiger partial charge on any atom is 0.251 e. The van der Waals surface area contributed by atoms with E-state index in [1.165, 1.54) is 11.3 Å². The van der Waals surface area contributed by atoms with Crippen LogP contribution < -0.4 is 11.1 Å². The molecule has 6 heteroatoms. The average Bonchev–Trinajstić information content (AvgIpc) is 2.65. The number of hydrogen-bond donors (Lipinski definition) is 3. The van der Waals surface area contributed by atoms with Gasteiger partial charge in [-0.25, -0.2) is 4.98 Å². The number of carbonyl (C=O) groups is 1. The molecule has 1 heterocycles. The molecule has 0 unspecified atom stereocenters. The van der Waals surface area contributed by atoms with Gasteiger partial charge in [-0.1, -0.05) is 11.3 Å². The maximum atomic E-state index is 12.0. The van der Waals surface area contributed by atoms with E-state index in [4.69, 9.17) is 5.73 Å². The number of hydrogen-bond acceptors (Lipinski definition) is 5. The SMILES string of the molecule is Nc1nc2ccc(C(=O)NC3CC(O)C3)cc2s1.